The summed E-state index contributed by atoms with van der Waals surface area (Å²) >= 11 is 0. The van der Waals surface area contributed by atoms with Gasteiger partial charge in [0.1, 0.15) is 11.5 Å². The summed E-state index contributed by atoms with van der Waals surface area (Å²) in [5.74, 6) is 0.899. The molecule has 1 rings (SSSR count). The molecule has 33 heavy (non-hydrogen) atoms. The van der Waals surface area contributed by atoms with Gasteiger partial charge in [0.15, 0.2) is 8.32 Å². The number of Topliss-reactive ketones (excluding diaryl/α,β-unsaturated/α-hetero) is 1. The number of benzene rings is 1. The minimum atomic E-state index is -2.10. The molecule has 0 saturated heterocycles. The van der Waals surface area contributed by atoms with E-state index in [0.717, 1.165) is 11.3 Å². The minimum absolute atomic E-state index is 0.0146. The van der Waals surface area contributed by atoms with Crippen molar-refractivity contribution >= 4 is 14.1 Å². The van der Waals surface area contributed by atoms with Crippen LogP contribution < -0.4 is 4.74 Å². The first-order valence-corrected chi connectivity index (χ1v) is 14.9. The Labute approximate surface area is 203 Å². The van der Waals surface area contributed by atoms with E-state index in [2.05, 4.69) is 60.4 Å². The number of methoxy groups -OCH3 is 1. The zero-order valence-corrected chi connectivity index (χ0v) is 23.5. The number of allylic oxidation sites excluding steroid dienone is 2. The monoisotopic (exact) mass is 474 g/mol. The maximum absolute atomic E-state index is 12.5. The molecule has 0 radical (unpaired) electrons. The fraction of sp³-hybridized carbons (Fsp3) is 0.607. The Morgan fingerprint density at radius 1 is 1.09 bits per heavy atom. The van der Waals surface area contributed by atoms with Crippen molar-refractivity contribution in [1.82, 2.24) is 0 Å². The fourth-order valence-corrected chi connectivity index (χ4v) is 5.11. The van der Waals surface area contributed by atoms with Crippen molar-refractivity contribution in [1.29, 1.82) is 0 Å². The molecule has 5 atom stereocenters. The smallest absolute Gasteiger partial charge is 0.192 e. The van der Waals surface area contributed by atoms with Gasteiger partial charge in [-0.2, -0.15) is 0 Å². The van der Waals surface area contributed by atoms with Crippen molar-refractivity contribution in [2.24, 2.45) is 17.8 Å². The zero-order chi connectivity index (χ0) is 25.4. The lowest BCUT2D eigenvalue weighted by Crippen LogP contribution is -2.51. The predicted octanol–water partition coefficient (Wildman–Crippen LogP) is 7.21. The summed E-state index contributed by atoms with van der Waals surface area (Å²) in [6.07, 6.45) is 5.51. The summed E-state index contributed by atoms with van der Waals surface area (Å²) in [6.45, 7) is 23.4. The van der Waals surface area contributed by atoms with E-state index in [1.165, 1.54) is 0 Å². The van der Waals surface area contributed by atoms with Gasteiger partial charge < -0.3 is 13.9 Å². The Morgan fingerprint density at radius 3 is 2.12 bits per heavy atom. The van der Waals surface area contributed by atoms with Crippen LogP contribution in [-0.2, 0) is 20.6 Å². The number of rotatable bonds is 13. The second-order valence-corrected chi connectivity index (χ2v) is 15.5. The third kappa shape index (κ3) is 8.55. The molecule has 0 amide bonds. The van der Waals surface area contributed by atoms with E-state index in [4.69, 9.17) is 13.9 Å². The summed E-state index contributed by atoms with van der Waals surface area (Å²) in [7, 11) is -0.436. The molecule has 0 fully saturated rings. The fourth-order valence-electron chi connectivity index (χ4n) is 3.66. The van der Waals surface area contributed by atoms with E-state index in [-0.39, 0.29) is 40.8 Å². The first kappa shape index (κ1) is 29.3. The van der Waals surface area contributed by atoms with Crippen LogP contribution >= 0.6 is 0 Å². The summed E-state index contributed by atoms with van der Waals surface area (Å²) < 4.78 is 18.7. The van der Waals surface area contributed by atoms with Crippen molar-refractivity contribution in [3.63, 3.8) is 0 Å². The number of ketones is 1. The predicted molar refractivity (Wildman–Crippen MR) is 141 cm³/mol. The highest BCUT2D eigenvalue weighted by Gasteiger charge is 2.44. The average molecular weight is 475 g/mol. The van der Waals surface area contributed by atoms with Gasteiger partial charge in [0.2, 0.25) is 0 Å². The molecule has 0 bridgehead atoms. The van der Waals surface area contributed by atoms with Crippen molar-refractivity contribution in [3.8, 4) is 5.75 Å². The van der Waals surface area contributed by atoms with Crippen molar-refractivity contribution in [2.75, 3.05) is 7.11 Å². The van der Waals surface area contributed by atoms with E-state index in [1.54, 1.807) is 20.1 Å². The Balaban J connectivity index is 3.26. The lowest BCUT2D eigenvalue weighted by molar-refractivity contribution is -0.127. The lowest BCUT2D eigenvalue weighted by atomic mass is 9.82. The van der Waals surface area contributed by atoms with Crippen LogP contribution in [0.3, 0.4) is 0 Å². The van der Waals surface area contributed by atoms with Gasteiger partial charge >= 0.3 is 0 Å². The molecule has 0 N–H and O–H groups in total. The highest BCUT2D eigenvalue weighted by atomic mass is 28.4. The first-order valence-electron chi connectivity index (χ1n) is 12.0. The van der Waals surface area contributed by atoms with Crippen molar-refractivity contribution < 1.29 is 18.7 Å². The van der Waals surface area contributed by atoms with Gasteiger partial charge in [-0.15, -0.1) is 0 Å². The molecule has 0 spiro atoms. The van der Waals surface area contributed by atoms with Crippen LogP contribution in [0, 0.1) is 17.8 Å². The van der Waals surface area contributed by atoms with Gasteiger partial charge in [-0.25, -0.2) is 0 Å². The highest BCUT2D eigenvalue weighted by Crippen LogP contribution is 2.40. The van der Waals surface area contributed by atoms with Crippen molar-refractivity contribution in [3.05, 3.63) is 54.6 Å². The molecule has 5 heteroatoms. The Kier molecular flexibility index (Phi) is 11.3. The number of hydrogen-bond acceptors (Lipinski definition) is 4. The second-order valence-electron chi connectivity index (χ2n) is 10.7. The summed E-state index contributed by atoms with van der Waals surface area (Å²) in [5.41, 5.74) is 1.08. The van der Waals surface area contributed by atoms with Gasteiger partial charge in [-0.05, 0) is 42.8 Å². The maximum atomic E-state index is 12.5. The second kappa shape index (κ2) is 12.7. The van der Waals surface area contributed by atoms with E-state index >= 15 is 0 Å². The standard InChI is InChI=1S/C28H46O4Si/c1-12-13-14-20(2)26(31-19-24-15-17-25(30-9)18-16-24)22(4)27(21(3)23(5)29)32-33(10,11)28(6,7)8/h12-18,20-22,26-27H,1,19H2,2-11H3/b14-13-. The molecule has 0 aliphatic carbocycles. The Bertz CT molecular complexity index is 776. The number of ether oxygens (including phenoxy) is 2. The number of carbonyl (C=O) groups excluding carboxylic acids is 1. The van der Waals surface area contributed by atoms with Gasteiger partial charge in [0.25, 0.3) is 0 Å². The highest BCUT2D eigenvalue weighted by molar-refractivity contribution is 6.74. The van der Waals surface area contributed by atoms with Crippen LogP contribution in [0.2, 0.25) is 18.1 Å². The van der Waals surface area contributed by atoms with Crippen LogP contribution in [0.1, 0.15) is 54.0 Å². The maximum Gasteiger partial charge on any atom is 0.192 e. The Hall–Kier alpha value is -1.69. The first-order chi connectivity index (χ1) is 15.2. The number of hydrogen-bond donors (Lipinski definition) is 0. The lowest BCUT2D eigenvalue weighted by Gasteiger charge is -2.44. The van der Waals surface area contributed by atoms with Gasteiger partial charge in [-0.1, -0.05) is 78.5 Å². The zero-order valence-electron chi connectivity index (χ0n) is 22.5. The largest absolute Gasteiger partial charge is 0.497 e. The average Bonchev–Trinajstić information content (AvgIpc) is 2.75. The van der Waals surface area contributed by atoms with E-state index in [1.807, 2.05) is 37.3 Å². The molecule has 0 aromatic heterocycles. The molecule has 4 nitrogen and oxygen atoms in total. The van der Waals surface area contributed by atoms with Crippen LogP contribution in [0.5, 0.6) is 5.75 Å². The Morgan fingerprint density at radius 2 is 1.67 bits per heavy atom. The third-order valence-corrected chi connectivity index (χ3v) is 11.6. The molecule has 1 aromatic rings. The van der Waals surface area contributed by atoms with E-state index in [9.17, 15) is 4.79 Å². The van der Waals surface area contributed by atoms with Crippen LogP contribution in [0.4, 0.5) is 0 Å². The molecule has 0 saturated carbocycles. The van der Waals surface area contributed by atoms with Crippen LogP contribution in [0.25, 0.3) is 0 Å². The van der Waals surface area contributed by atoms with Crippen molar-refractivity contribution in [2.45, 2.75) is 85.4 Å². The van der Waals surface area contributed by atoms with Gasteiger partial charge in [0.05, 0.1) is 25.9 Å². The molecule has 186 valence electrons. The molecular formula is C28H46O4Si. The topological polar surface area (TPSA) is 44.8 Å². The molecule has 0 heterocycles. The normalized spacial score (nSPS) is 17.3. The molecule has 5 unspecified atom stereocenters. The summed E-state index contributed by atoms with van der Waals surface area (Å²) in [4.78, 5) is 12.5. The third-order valence-electron chi connectivity index (χ3n) is 7.08. The van der Waals surface area contributed by atoms with Crippen LogP contribution in [0.15, 0.2) is 49.1 Å². The SMILES string of the molecule is C=C/C=C\C(C)C(OCc1ccc(OC)cc1)C(C)C(O[Si](C)(C)C(C)(C)C)C(C)C(C)=O. The van der Waals surface area contributed by atoms with E-state index in [0.29, 0.717) is 6.61 Å². The van der Waals surface area contributed by atoms with Gasteiger partial charge in [0, 0.05) is 17.8 Å². The molecular weight excluding hydrogens is 428 g/mol. The van der Waals surface area contributed by atoms with Gasteiger partial charge in [-0.3, -0.25) is 4.79 Å². The van der Waals surface area contributed by atoms with E-state index < -0.39 is 8.32 Å². The molecule has 0 aliphatic heterocycles. The minimum Gasteiger partial charge on any atom is -0.497 e. The number of carbonyl (C=O) groups is 1. The summed E-state index contributed by atoms with van der Waals surface area (Å²) in [5, 5.41) is 0.0509. The molecule has 0 aliphatic rings. The van der Waals surface area contributed by atoms with Crippen LogP contribution in [-0.4, -0.2) is 33.4 Å². The quantitative estimate of drug-likeness (QED) is 0.224. The molecule has 1 aromatic carbocycles. The summed E-state index contributed by atoms with van der Waals surface area (Å²) in [6, 6.07) is 7.93.